The van der Waals surface area contributed by atoms with Crippen LogP contribution in [0, 0.1) is 5.92 Å². The molecule has 0 bridgehead atoms. The zero-order chi connectivity index (χ0) is 26.7. The number of halogens is 1. The van der Waals surface area contributed by atoms with Gasteiger partial charge in [0.15, 0.2) is 17.4 Å². The third kappa shape index (κ3) is 5.72. The number of ketones is 1. The minimum absolute atomic E-state index is 0.0173. The van der Waals surface area contributed by atoms with Gasteiger partial charge in [-0.15, -0.1) is 0 Å². The number of nitrogens with one attached hydrogen (secondary N) is 3. The molecule has 0 radical (unpaired) electrons. The first-order valence-electron chi connectivity index (χ1n) is 12.1. The van der Waals surface area contributed by atoms with Crippen LogP contribution >= 0.6 is 11.6 Å². The molecule has 1 saturated heterocycles. The van der Waals surface area contributed by atoms with Crippen LogP contribution in [-0.4, -0.2) is 44.4 Å². The Hall–Kier alpha value is -3.73. The normalized spacial score (nSPS) is 15.4. The lowest BCUT2D eigenvalue weighted by molar-refractivity contribution is 0.0964. The Kier molecular flexibility index (Phi) is 7.46. The first-order valence-corrected chi connectivity index (χ1v) is 13.9. The van der Waals surface area contributed by atoms with Gasteiger partial charge in [0.05, 0.1) is 33.7 Å². The highest BCUT2D eigenvalue weighted by atomic mass is 35.5. The number of rotatable bonds is 9. The number of hydrogen-bond donors (Lipinski definition) is 3. The molecule has 1 atom stereocenters. The number of sulfonamides is 1. The molecule has 1 unspecified atom stereocenters. The van der Waals surface area contributed by atoms with Crippen molar-refractivity contribution >= 4 is 55.8 Å². The van der Waals surface area contributed by atoms with E-state index in [1.165, 1.54) is 19.2 Å². The van der Waals surface area contributed by atoms with Gasteiger partial charge >= 0.3 is 0 Å². The summed E-state index contributed by atoms with van der Waals surface area (Å²) in [5.41, 5.74) is 1.88. The maximum Gasteiger partial charge on any atom is 0.263 e. The number of ether oxygens (including phenoxy) is 1. The van der Waals surface area contributed by atoms with E-state index in [2.05, 4.69) is 25.3 Å². The Bertz CT molecular complexity index is 1610. The molecule has 1 aliphatic rings. The van der Waals surface area contributed by atoms with Gasteiger partial charge in [0.1, 0.15) is 5.75 Å². The molecular weight excluding hydrogens is 526 g/mol. The van der Waals surface area contributed by atoms with E-state index in [-0.39, 0.29) is 28.2 Å². The van der Waals surface area contributed by atoms with Crippen LogP contribution in [0.2, 0.25) is 5.02 Å². The number of anilines is 3. The number of nitrogens with zero attached hydrogens (tertiary/aromatic N) is 2. The first kappa shape index (κ1) is 25.9. The van der Waals surface area contributed by atoms with E-state index >= 15 is 0 Å². The van der Waals surface area contributed by atoms with Gasteiger partial charge in [0, 0.05) is 18.1 Å². The van der Waals surface area contributed by atoms with Crippen molar-refractivity contribution in [1.29, 1.82) is 0 Å². The van der Waals surface area contributed by atoms with E-state index < -0.39 is 10.0 Å². The molecule has 11 heteroatoms. The Labute approximate surface area is 225 Å². The summed E-state index contributed by atoms with van der Waals surface area (Å²) < 4.78 is 34.7. The molecular formula is C27H26ClN5O4S. The molecule has 0 saturated carbocycles. The fraction of sp³-hybridized carbons (Fsp3) is 0.222. The Morgan fingerprint density at radius 2 is 1.82 bits per heavy atom. The first-order chi connectivity index (χ1) is 18.3. The van der Waals surface area contributed by atoms with Gasteiger partial charge in [-0.1, -0.05) is 35.9 Å². The van der Waals surface area contributed by atoms with Crippen molar-refractivity contribution in [3.63, 3.8) is 0 Å². The van der Waals surface area contributed by atoms with Crippen LogP contribution in [0.25, 0.3) is 11.0 Å². The molecule has 2 heterocycles. The largest absolute Gasteiger partial charge is 0.497 e. The summed E-state index contributed by atoms with van der Waals surface area (Å²) in [7, 11) is -2.58. The van der Waals surface area contributed by atoms with Gasteiger partial charge in [-0.05, 0) is 61.8 Å². The van der Waals surface area contributed by atoms with E-state index in [1.807, 2.05) is 6.07 Å². The van der Waals surface area contributed by atoms with Gasteiger partial charge in [0.25, 0.3) is 10.0 Å². The zero-order valence-corrected chi connectivity index (χ0v) is 22.1. The van der Waals surface area contributed by atoms with Crippen molar-refractivity contribution in [3.05, 3.63) is 77.3 Å². The predicted molar refractivity (Wildman–Crippen MR) is 148 cm³/mol. The lowest BCUT2D eigenvalue weighted by atomic mass is 9.98. The highest BCUT2D eigenvalue weighted by molar-refractivity contribution is 7.92. The maximum atomic E-state index is 13.5. The summed E-state index contributed by atoms with van der Waals surface area (Å²) in [6.07, 6.45) is 1.30. The average molecular weight is 552 g/mol. The van der Waals surface area contributed by atoms with E-state index in [0.717, 1.165) is 19.5 Å². The van der Waals surface area contributed by atoms with E-state index in [4.69, 9.17) is 16.3 Å². The fourth-order valence-electron chi connectivity index (χ4n) is 4.30. The number of Topliss-reactive ketones (excluding diaryl/α,β-unsaturated/α-hetero) is 1. The number of para-hydroxylation sites is 2. The minimum Gasteiger partial charge on any atom is -0.497 e. The minimum atomic E-state index is -4.12. The third-order valence-electron chi connectivity index (χ3n) is 6.33. The van der Waals surface area contributed by atoms with Gasteiger partial charge in [-0.3, -0.25) is 9.52 Å². The van der Waals surface area contributed by atoms with Crippen LogP contribution in [0.15, 0.2) is 71.6 Å². The summed E-state index contributed by atoms with van der Waals surface area (Å²) in [6.45, 7) is 1.68. The summed E-state index contributed by atoms with van der Waals surface area (Å²) in [5, 5.41) is 6.71. The number of carbonyl (C=O) groups is 1. The van der Waals surface area contributed by atoms with Gasteiger partial charge in [-0.25, -0.2) is 18.4 Å². The fourth-order valence-corrected chi connectivity index (χ4v) is 5.52. The van der Waals surface area contributed by atoms with Crippen molar-refractivity contribution in [1.82, 2.24) is 15.3 Å². The molecule has 38 heavy (non-hydrogen) atoms. The van der Waals surface area contributed by atoms with Crippen molar-refractivity contribution in [2.45, 2.75) is 17.7 Å². The highest BCUT2D eigenvalue weighted by Crippen LogP contribution is 2.33. The second kappa shape index (κ2) is 10.9. The van der Waals surface area contributed by atoms with Crippen LogP contribution < -0.4 is 20.1 Å². The Morgan fingerprint density at radius 3 is 2.53 bits per heavy atom. The van der Waals surface area contributed by atoms with Crippen LogP contribution in [-0.2, 0) is 10.0 Å². The van der Waals surface area contributed by atoms with Crippen LogP contribution in [0.5, 0.6) is 5.75 Å². The standard InChI is InChI=1S/C27H26ClN5O4S/c1-37-19-9-10-21(28)24(15-19)32-26-27(31-23-8-3-2-7-22(23)30-26)33-38(35,36)20-6-4-5-18(14-20)25(34)13-17-11-12-29-16-17/h2-10,14-15,17,29H,11-13,16H2,1H3,(H,30,32)(H,31,33). The number of aromatic nitrogens is 2. The lowest BCUT2D eigenvalue weighted by Crippen LogP contribution is -2.17. The topological polar surface area (TPSA) is 122 Å². The number of fused-ring (bicyclic) bond motifs is 1. The molecule has 196 valence electrons. The van der Waals surface area contributed by atoms with Crippen LogP contribution in [0.4, 0.5) is 17.3 Å². The van der Waals surface area contributed by atoms with Crippen LogP contribution in [0.1, 0.15) is 23.2 Å². The molecule has 1 aromatic heterocycles. The van der Waals surface area contributed by atoms with Gasteiger partial charge in [-0.2, -0.15) is 0 Å². The number of carbonyl (C=O) groups excluding carboxylic acids is 1. The van der Waals surface area contributed by atoms with E-state index in [1.54, 1.807) is 48.5 Å². The second-order valence-electron chi connectivity index (χ2n) is 9.00. The van der Waals surface area contributed by atoms with E-state index in [0.29, 0.717) is 39.5 Å². The second-order valence-corrected chi connectivity index (χ2v) is 11.1. The molecule has 5 rings (SSSR count). The lowest BCUT2D eigenvalue weighted by Gasteiger charge is -2.15. The molecule has 9 nitrogen and oxygen atoms in total. The molecule has 3 aromatic carbocycles. The monoisotopic (exact) mass is 551 g/mol. The molecule has 1 fully saturated rings. The van der Waals surface area contributed by atoms with Crippen molar-refractivity contribution in [2.24, 2.45) is 5.92 Å². The summed E-state index contributed by atoms with van der Waals surface area (Å²) in [6, 6.07) is 18.2. The maximum absolute atomic E-state index is 13.5. The zero-order valence-electron chi connectivity index (χ0n) is 20.6. The Morgan fingerprint density at radius 1 is 1.05 bits per heavy atom. The average Bonchev–Trinajstić information content (AvgIpc) is 3.43. The van der Waals surface area contributed by atoms with Crippen LogP contribution in [0.3, 0.4) is 0 Å². The van der Waals surface area contributed by atoms with Crippen molar-refractivity contribution in [3.8, 4) is 5.75 Å². The van der Waals surface area contributed by atoms with Crippen molar-refractivity contribution < 1.29 is 17.9 Å². The number of benzene rings is 3. The summed E-state index contributed by atoms with van der Waals surface area (Å²) in [4.78, 5) is 21.9. The quantitative estimate of drug-likeness (QED) is 0.248. The smallest absolute Gasteiger partial charge is 0.263 e. The molecule has 1 aliphatic heterocycles. The van der Waals surface area contributed by atoms with Gasteiger partial charge < -0.3 is 15.4 Å². The predicted octanol–water partition coefficient (Wildman–Crippen LogP) is 5.02. The number of hydrogen-bond acceptors (Lipinski definition) is 8. The highest BCUT2D eigenvalue weighted by Gasteiger charge is 2.23. The summed E-state index contributed by atoms with van der Waals surface area (Å²) in [5.74, 6) is 0.865. The van der Waals surface area contributed by atoms with Gasteiger partial charge in [0.2, 0.25) is 0 Å². The summed E-state index contributed by atoms with van der Waals surface area (Å²) >= 11 is 6.37. The number of methoxy groups -OCH3 is 1. The Balaban J connectivity index is 1.48. The SMILES string of the molecule is COc1ccc(Cl)c(Nc2nc3ccccc3nc2NS(=O)(=O)c2cccc(C(=O)CC3CCNC3)c2)c1. The molecule has 0 aliphatic carbocycles. The molecule has 0 amide bonds. The molecule has 0 spiro atoms. The third-order valence-corrected chi connectivity index (χ3v) is 8.00. The van der Waals surface area contributed by atoms with E-state index in [9.17, 15) is 13.2 Å². The molecule has 4 aromatic rings. The van der Waals surface area contributed by atoms with Crippen molar-refractivity contribution in [2.75, 3.05) is 30.2 Å². The molecule has 3 N–H and O–H groups in total.